The first-order chi connectivity index (χ1) is 9.65. The Morgan fingerprint density at radius 1 is 1.35 bits per heavy atom. The van der Waals surface area contributed by atoms with Crippen LogP contribution in [0.2, 0.25) is 0 Å². The summed E-state index contributed by atoms with van der Waals surface area (Å²) in [6.45, 7) is 7.02. The molecule has 20 heavy (non-hydrogen) atoms. The molecule has 0 aliphatic heterocycles. The number of hydrogen-bond donors (Lipinski definition) is 1. The minimum atomic E-state index is 0.0548. The molecule has 1 atom stereocenters. The highest BCUT2D eigenvalue weighted by atomic mass is 32.1. The van der Waals surface area contributed by atoms with Gasteiger partial charge in [0.1, 0.15) is 16.8 Å². The van der Waals surface area contributed by atoms with Gasteiger partial charge in [0.05, 0.1) is 5.39 Å². The van der Waals surface area contributed by atoms with E-state index < -0.39 is 0 Å². The molecule has 1 aliphatic rings. The second kappa shape index (κ2) is 5.30. The third-order valence-electron chi connectivity index (χ3n) is 3.93. The van der Waals surface area contributed by atoms with E-state index in [2.05, 4.69) is 19.2 Å². The Morgan fingerprint density at radius 3 is 2.70 bits per heavy atom. The van der Waals surface area contributed by atoms with Crippen LogP contribution in [0.4, 0.5) is 5.82 Å². The van der Waals surface area contributed by atoms with Gasteiger partial charge in [-0.1, -0.05) is 0 Å². The first-order valence-corrected chi connectivity index (χ1v) is 8.04. The molecule has 0 amide bonds. The number of aryl methyl sites for hydroxylation is 2. The number of rotatable bonds is 5. The molecule has 2 aromatic heterocycles. The van der Waals surface area contributed by atoms with Crippen molar-refractivity contribution in [1.29, 1.82) is 0 Å². The number of aromatic nitrogens is 2. The quantitative estimate of drug-likeness (QED) is 0.909. The molecule has 0 spiro atoms. The molecule has 2 heterocycles. The Bertz CT molecular complexity index is 634. The Balaban J connectivity index is 2.12. The van der Waals surface area contributed by atoms with Crippen molar-refractivity contribution in [3.05, 3.63) is 16.3 Å². The molecule has 0 bridgehead atoms. The molecule has 1 fully saturated rings. The van der Waals surface area contributed by atoms with Gasteiger partial charge in [0.2, 0.25) is 0 Å². The zero-order valence-electron chi connectivity index (χ0n) is 12.5. The summed E-state index contributed by atoms with van der Waals surface area (Å²) in [5.74, 6) is 2.36. The van der Waals surface area contributed by atoms with Gasteiger partial charge in [0.15, 0.2) is 5.82 Å². The average Bonchev–Trinajstić information content (AvgIpc) is 3.23. The highest BCUT2D eigenvalue weighted by molar-refractivity contribution is 7.18. The maximum Gasteiger partial charge on any atom is 0.161 e. The fourth-order valence-electron chi connectivity index (χ4n) is 2.57. The lowest BCUT2D eigenvalue weighted by molar-refractivity contribution is 0.0404. The summed E-state index contributed by atoms with van der Waals surface area (Å²) in [5, 5.41) is 4.38. The SMILES string of the molecule is CCOC(c1nc(NC)c2c(C)c(C)sc2n1)C1CC1. The summed E-state index contributed by atoms with van der Waals surface area (Å²) in [4.78, 5) is 11.9. The molecular weight excluding hydrogens is 270 g/mol. The fourth-order valence-corrected chi connectivity index (χ4v) is 3.61. The van der Waals surface area contributed by atoms with Crippen molar-refractivity contribution >= 4 is 27.4 Å². The van der Waals surface area contributed by atoms with Gasteiger partial charge in [-0.3, -0.25) is 0 Å². The van der Waals surface area contributed by atoms with Crippen LogP contribution in [0.3, 0.4) is 0 Å². The van der Waals surface area contributed by atoms with Crippen molar-refractivity contribution in [1.82, 2.24) is 9.97 Å². The minimum Gasteiger partial charge on any atom is -0.372 e. The Morgan fingerprint density at radius 2 is 2.10 bits per heavy atom. The summed E-state index contributed by atoms with van der Waals surface area (Å²) in [6.07, 6.45) is 2.51. The van der Waals surface area contributed by atoms with Gasteiger partial charge in [0, 0.05) is 18.5 Å². The standard InChI is InChI=1S/C15H21N3OS/c1-5-19-12(10-6-7-10)14-17-13(16-4)11-8(2)9(3)20-15(11)18-14/h10,12H,5-7H2,1-4H3,(H,16,17,18). The molecule has 1 saturated carbocycles. The van der Waals surface area contributed by atoms with E-state index in [1.54, 1.807) is 11.3 Å². The van der Waals surface area contributed by atoms with Crippen molar-refractivity contribution in [3.63, 3.8) is 0 Å². The fraction of sp³-hybridized carbons (Fsp3) is 0.600. The number of fused-ring (bicyclic) bond motifs is 1. The van der Waals surface area contributed by atoms with Crippen molar-refractivity contribution in [2.45, 2.75) is 39.7 Å². The maximum atomic E-state index is 5.89. The second-order valence-electron chi connectivity index (χ2n) is 5.36. The zero-order chi connectivity index (χ0) is 14.3. The lowest BCUT2D eigenvalue weighted by Crippen LogP contribution is -2.12. The third-order valence-corrected chi connectivity index (χ3v) is 5.03. The Hall–Kier alpha value is -1.20. The summed E-state index contributed by atoms with van der Waals surface area (Å²) in [7, 11) is 1.92. The van der Waals surface area contributed by atoms with Gasteiger partial charge >= 0.3 is 0 Å². The van der Waals surface area contributed by atoms with Crippen molar-refractivity contribution < 1.29 is 4.74 Å². The molecule has 1 N–H and O–H groups in total. The molecule has 1 unspecified atom stereocenters. The van der Waals surface area contributed by atoms with Crippen LogP contribution in [-0.4, -0.2) is 23.6 Å². The molecule has 0 aromatic carbocycles. The van der Waals surface area contributed by atoms with E-state index in [0.717, 1.165) is 21.9 Å². The molecule has 108 valence electrons. The largest absolute Gasteiger partial charge is 0.372 e. The monoisotopic (exact) mass is 291 g/mol. The zero-order valence-corrected chi connectivity index (χ0v) is 13.3. The van der Waals surface area contributed by atoms with E-state index in [-0.39, 0.29) is 6.10 Å². The number of ether oxygens (including phenoxy) is 1. The molecule has 1 aliphatic carbocycles. The first-order valence-electron chi connectivity index (χ1n) is 7.22. The molecule has 2 aromatic rings. The maximum absolute atomic E-state index is 5.89. The van der Waals surface area contributed by atoms with Gasteiger partial charge in [-0.2, -0.15) is 0 Å². The average molecular weight is 291 g/mol. The normalized spacial score (nSPS) is 16.6. The smallest absolute Gasteiger partial charge is 0.161 e. The molecule has 4 nitrogen and oxygen atoms in total. The van der Waals surface area contributed by atoms with E-state index >= 15 is 0 Å². The van der Waals surface area contributed by atoms with Crippen molar-refractivity contribution in [2.75, 3.05) is 19.0 Å². The van der Waals surface area contributed by atoms with Crippen LogP contribution in [0.25, 0.3) is 10.2 Å². The number of anilines is 1. The third kappa shape index (κ3) is 2.29. The minimum absolute atomic E-state index is 0.0548. The lowest BCUT2D eigenvalue weighted by Gasteiger charge is -2.16. The number of nitrogens with one attached hydrogen (secondary N) is 1. The molecule has 3 rings (SSSR count). The van der Waals surface area contributed by atoms with E-state index in [9.17, 15) is 0 Å². The summed E-state index contributed by atoms with van der Waals surface area (Å²) >= 11 is 1.74. The van der Waals surface area contributed by atoms with E-state index in [0.29, 0.717) is 12.5 Å². The Labute approximate surface area is 123 Å². The molecule has 0 radical (unpaired) electrons. The topological polar surface area (TPSA) is 47.0 Å². The molecular formula is C15H21N3OS. The number of thiophene rings is 1. The Kier molecular flexibility index (Phi) is 3.65. The van der Waals surface area contributed by atoms with Gasteiger partial charge in [-0.15, -0.1) is 11.3 Å². The summed E-state index contributed by atoms with van der Waals surface area (Å²) < 4.78 is 5.89. The lowest BCUT2D eigenvalue weighted by atomic mass is 10.2. The molecule has 0 saturated heterocycles. The summed E-state index contributed by atoms with van der Waals surface area (Å²) in [5.41, 5.74) is 1.28. The highest BCUT2D eigenvalue weighted by Crippen LogP contribution is 2.43. The van der Waals surface area contributed by atoms with Gasteiger partial charge in [-0.05, 0) is 45.1 Å². The van der Waals surface area contributed by atoms with E-state index in [4.69, 9.17) is 14.7 Å². The van der Waals surface area contributed by atoms with Gasteiger partial charge in [0.25, 0.3) is 0 Å². The van der Waals surface area contributed by atoms with Crippen LogP contribution in [0.1, 0.15) is 42.1 Å². The number of nitrogens with zero attached hydrogens (tertiary/aromatic N) is 2. The predicted octanol–water partition coefficient (Wildman–Crippen LogP) is 3.84. The van der Waals surface area contributed by atoms with Gasteiger partial charge < -0.3 is 10.1 Å². The van der Waals surface area contributed by atoms with Crippen LogP contribution in [0.15, 0.2) is 0 Å². The second-order valence-corrected chi connectivity index (χ2v) is 6.56. The van der Waals surface area contributed by atoms with E-state index in [1.807, 2.05) is 14.0 Å². The van der Waals surface area contributed by atoms with Crippen LogP contribution in [-0.2, 0) is 4.74 Å². The van der Waals surface area contributed by atoms with Crippen molar-refractivity contribution in [3.8, 4) is 0 Å². The predicted molar refractivity (Wildman–Crippen MR) is 83.5 cm³/mol. The van der Waals surface area contributed by atoms with Crippen LogP contribution in [0.5, 0.6) is 0 Å². The van der Waals surface area contributed by atoms with Crippen LogP contribution >= 0.6 is 11.3 Å². The summed E-state index contributed by atoms with van der Waals surface area (Å²) in [6, 6.07) is 0. The van der Waals surface area contributed by atoms with E-state index in [1.165, 1.54) is 23.3 Å². The van der Waals surface area contributed by atoms with Crippen LogP contribution in [0, 0.1) is 19.8 Å². The van der Waals surface area contributed by atoms with Crippen molar-refractivity contribution in [2.24, 2.45) is 5.92 Å². The van der Waals surface area contributed by atoms with Gasteiger partial charge in [-0.25, -0.2) is 9.97 Å². The van der Waals surface area contributed by atoms with Crippen LogP contribution < -0.4 is 5.32 Å². The number of hydrogen-bond acceptors (Lipinski definition) is 5. The highest BCUT2D eigenvalue weighted by Gasteiger charge is 2.35. The first kappa shape index (κ1) is 13.8. The molecule has 5 heteroatoms.